The monoisotopic (exact) mass is 322 g/mol. The second-order valence-electron chi connectivity index (χ2n) is 5.26. The maximum Gasteiger partial charge on any atom is 0.222 e. The van der Waals surface area contributed by atoms with Crippen LogP contribution in [0.5, 0.6) is 11.5 Å². The van der Waals surface area contributed by atoms with Gasteiger partial charge in [0.2, 0.25) is 5.91 Å². The van der Waals surface area contributed by atoms with Gasteiger partial charge in [0, 0.05) is 30.8 Å². The number of benzene rings is 1. The topological polar surface area (TPSA) is 98.0 Å². The van der Waals surface area contributed by atoms with E-state index in [1.807, 2.05) is 19.9 Å². The molecule has 0 spiro atoms. The number of amides is 1. The van der Waals surface area contributed by atoms with E-state index in [-0.39, 0.29) is 11.8 Å². The largest absolute Gasteiger partial charge is 0.493 e. The highest BCUT2D eigenvalue weighted by molar-refractivity contribution is 5.92. The van der Waals surface area contributed by atoms with E-state index in [9.17, 15) is 4.79 Å². The number of ether oxygens (including phenoxy) is 2. The highest BCUT2D eigenvalue weighted by Crippen LogP contribution is 2.29. The molecule has 0 fully saturated rings. The lowest BCUT2D eigenvalue weighted by atomic mass is 10.2. The minimum absolute atomic E-state index is 0.00436. The Morgan fingerprint density at radius 1 is 1.26 bits per heavy atom. The molecule has 0 saturated carbocycles. The molecule has 1 rings (SSSR count). The lowest BCUT2D eigenvalue weighted by Gasteiger charge is -2.11. The number of methoxy groups -OCH3 is 2. The van der Waals surface area contributed by atoms with Crippen molar-refractivity contribution in [3.05, 3.63) is 18.2 Å². The molecule has 128 valence electrons. The average Bonchev–Trinajstić information content (AvgIpc) is 2.53. The zero-order valence-electron chi connectivity index (χ0n) is 14.2. The Morgan fingerprint density at radius 2 is 1.96 bits per heavy atom. The molecule has 0 saturated heterocycles. The number of nitrogens with zero attached hydrogens (tertiary/aromatic N) is 1. The number of hydrogen-bond acceptors (Lipinski definition) is 4. The van der Waals surface area contributed by atoms with E-state index in [1.165, 1.54) is 0 Å². The van der Waals surface area contributed by atoms with Crippen LogP contribution in [0, 0.1) is 5.92 Å². The molecule has 7 nitrogen and oxygen atoms in total. The van der Waals surface area contributed by atoms with Gasteiger partial charge < -0.3 is 25.8 Å². The molecule has 0 aliphatic carbocycles. The van der Waals surface area contributed by atoms with Crippen molar-refractivity contribution in [2.45, 2.75) is 20.3 Å². The Balaban J connectivity index is 2.43. The quantitative estimate of drug-likeness (QED) is 0.383. The van der Waals surface area contributed by atoms with Gasteiger partial charge in [-0.15, -0.1) is 0 Å². The summed E-state index contributed by atoms with van der Waals surface area (Å²) in [5, 5.41) is 5.82. The molecule has 0 bridgehead atoms. The molecule has 0 unspecified atom stereocenters. The van der Waals surface area contributed by atoms with E-state index < -0.39 is 0 Å². The van der Waals surface area contributed by atoms with Crippen LogP contribution in [0.2, 0.25) is 0 Å². The minimum Gasteiger partial charge on any atom is -0.493 e. The smallest absolute Gasteiger partial charge is 0.222 e. The molecule has 0 aliphatic heterocycles. The van der Waals surface area contributed by atoms with Crippen LogP contribution in [0.25, 0.3) is 0 Å². The third kappa shape index (κ3) is 6.46. The van der Waals surface area contributed by atoms with Crippen LogP contribution in [-0.2, 0) is 4.79 Å². The van der Waals surface area contributed by atoms with Gasteiger partial charge in [-0.05, 0) is 18.6 Å². The first kappa shape index (κ1) is 18.6. The Bertz CT molecular complexity index is 544. The third-order valence-electron chi connectivity index (χ3n) is 3.10. The molecule has 0 aromatic heterocycles. The van der Waals surface area contributed by atoms with Crippen molar-refractivity contribution in [3.63, 3.8) is 0 Å². The molecule has 0 heterocycles. The summed E-state index contributed by atoms with van der Waals surface area (Å²) in [7, 11) is 3.16. The van der Waals surface area contributed by atoms with E-state index in [1.54, 1.807) is 26.4 Å². The second-order valence-corrected chi connectivity index (χ2v) is 5.26. The molecule has 7 heteroatoms. The van der Waals surface area contributed by atoms with Crippen LogP contribution < -0.4 is 25.8 Å². The molecule has 0 atom stereocenters. The van der Waals surface area contributed by atoms with Crippen molar-refractivity contribution in [3.8, 4) is 11.5 Å². The number of hydrogen-bond donors (Lipinski definition) is 3. The van der Waals surface area contributed by atoms with Gasteiger partial charge in [0.25, 0.3) is 0 Å². The Labute approximate surface area is 137 Å². The average molecular weight is 322 g/mol. The van der Waals surface area contributed by atoms with Gasteiger partial charge in [0.1, 0.15) is 0 Å². The first-order valence-electron chi connectivity index (χ1n) is 7.54. The second kappa shape index (κ2) is 9.55. The van der Waals surface area contributed by atoms with Crippen LogP contribution in [0.4, 0.5) is 5.69 Å². The fraction of sp³-hybridized carbons (Fsp3) is 0.500. The Hall–Kier alpha value is -2.44. The normalized spacial score (nSPS) is 11.3. The molecular formula is C16H26N4O3. The lowest BCUT2D eigenvalue weighted by Crippen LogP contribution is -2.29. The highest BCUT2D eigenvalue weighted by atomic mass is 16.5. The Kier molecular flexibility index (Phi) is 7.73. The molecule has 1 amide bonds. The number of carbonyl (C=O) groups excluding carboxylic acids is 1. The number of aliphatic imine (C=N–C) groups is 1. The van der Waals surface area contributed by atoms with Gasteiger partial charge in [0.05, 0.1) is 14.2 Å². The van der Waals surface area contributed by atoms with Gasteiger partial charge in [-0.25, -0.2) is 0 Å². The maximum atomic E-state index is 11.4. The predicted octanol–water partition coefficient (Wildman–Crippen LogP) is 1.59. The number of carbonyl (C=O) groups is 1. The lowest BCUT2D eigenvalue weighted by molar-refractivity contribution is -0.123. The molecule has 23 heavy (non-hydrogen) atoms. The summed E-state index contributed by atoms with van der Waals surface area (Å²) >= 11 is 0. The molecule has 1 aromatic carbocycles. The van der Waals surface area contributed by atoms with Gasteiger partial charge >= 0.3 is 0 Å². The van der Waals surface area contributed by atoms with Crippen molar-refractivity contribution in [1.29, 1.82) is 0 Å². The van der Waals surface area contributed by atoms with Crippen molar-refractivity contribution in [2.75, 3.05) is 32.6 Å². The SMILES string of the molecule is COc1ccc(NC(N)=NCCCNC(=O)C(C)C)cc1OC. The van der Waals surface area contributed by atoms with Crippen molar-refractivity contribution in [2.24, 2.45) is 16.6 Å². The number of rotatable bonds is 8. The number of nitrogens with one attached hydrogen (secondary N) is 2. The summed E-state index contributed by atoms with van der Waals surface area (Å²) in [6.45, 7) is 4.84. The van der Waals surface area contributed by atoms with Crippen molar-refractivity contribution in [1.82, 2.24) is 5.32 Å². The minimum atomic E-state index is -0.00436. The fourth-order valence-corrected chi connectivity index (χ4v) is 1.80. The van der Waals surface area contributed by atoms with E-state index >= 15 is 0 Å². The first-order valence-corrected chi connectivity index (χ1v) is 7.54. The van der Waals surface area contributed by atoms with E-state index in [0.717, 1.165) is 12.1 Å². The van der Waals surface area contributed by atoms with E-state index in [2.05, 4.69) is 15.6 Å². The fourth-order valence-electron chi connectivity index (χ4n) is 1.80. The summed E-state index contributed by atoms with van der Waals surface area (Å²) in [5.74, 6) is 1.62. The van der Waals surface area contributed by atoms with Crippen molar-refractivity contribution >= 4 is 17.6 Å². The standard InChI is InChI=1S/C16H26N4O3/c1-11(2)15(21)18-8-5-9-19-16(17)20-12-6-7-13(22-3)14(10-12)23-4/h6-7,10-11H,5,8-9H2,1-4H3,(H,18,21)(H3,17,19,20). The van der Waals surface area contributed by atoms with E-state index in [0.29, 0.717) is 30.5 Å². The molecule has 4 N–H and O–H groups in total. The molecule has 1 aromatic rings. The van der Waals surface area contributed by atoms with Crippen LogP contribution in [0.1, 0.15) is 20.3 Å². The summed E-state index contributed by atoms with van der Waals surface area (Å²) in [5.41, 5.74) is 6.60. The first-order chi connectivity index (χ1) is 11.0. The van der Waals surface area contributed by atoms with Crippen LogP contribution in [0.3, 0.4) is 0 Å². The zero-order valence-corrected chi connectivity index (χ0v) is 14.2. The maximum absolute atomic E-state index is 11.4. The molecule has 0 radical (unpaired) electrons. The van der Waals surface area contributed by atoms with Gasteiger partial charge in [-0.1, -0.05) is 13.8 Å². The zero-order chi connectivity index (χ0) is 17.2. The van der Waals surface area contributed by atoms with E-state index in [4.69, 9.17) is 15.2 Å². The van der Waals surface area contributed by atoms with Crippen LogP contribution >= 0.6 is 0 Å². The summed E-state index contributed by atoms with van der Waals surface area (Å²) in [6.07, 6.45) is 0.729. The summed E-state index contributed by atoms with van der Waals surface area (Å²) < 4.78 is 10.4. The van der Waals surface area contributed by atoms with Crippen LogP contribution in [0.15, 0.2) is 23.2 Å². The van der Waals surface area contributed by atoms with Crippen LogP contribution in [-0.4, -0.2) is 39.2 Å². The van der Waals surface area contributed by atoms with Gasteiger partial charge in [0.15, 0.2) is 17.5 Å². The summed E-state index contributed by atoms with van der Waals surface area (Å²) in [6, 6.07) is 5.40. The van der Waals surface area contributed by atoms with Gasteiger partial charge in [-0.3, -0.25) is 9.79 Å². The predicted molar refractivity (Wildman–Crippen MR) is 92.1 cm³/mol. The van der Waals surface area contributed by atoms with Gasteiger partial charge in [-0.2, -0.15) is 0 Å². The third-order valence-corrected chi connectivity index (χ3v) is 3.10. The Morgan fingerprint density at radius 3 is 2.57 bits per heavy atom. The number of guanidine groups is 1. The van der Waals surface area contributed by atoms with Crippen molar-refractivity contribution < 1.29 is 14.3 Å². The highest BCUT2D eigenvalue weighted by Gasteiger charge is 2.06. The number of nitrogens with two attached hydrogens (primary N) is 1. The number of anilines is 1. The summed E-state index contributed by atoms with van der Waals surface area (Å²) in [4.78, 5) is 15.6. The molecule has 0 aliphatic rings. The molecular weight excluding hydrogens is 296 g/mol.